The van der Waals surface area contributed by atoms with Crippen molar-refractivity contribution in [3.63, 3.8) is 0 Å². The fraction of sp³-hybridized carbons (Fsp3) is 0.875. The van der Waals surface area contributed by atoms with Crippen molar-refractivity contribution < 1.29 is 10.1 Å². The van der Waals surface area contributed by atoms with Crippen LogP contribution in [-0.4, -0.2) is 19.8 Å². The molecule has 0 heterocycles. The van der Waals surface area contributed by atoms with Crippen molar-refractivity contribution in [3.8, 4) is 0 Å². The smallest absolute Gasteiger partial charge is 0.0595 e. The van der Waals surface area contributed by atoms with Gasteiger partial charge < -0.3 is 10.1 Å². The Kier molecular flexibility index (Phi) is 2.69. The van der Waals surface area contributed by atoms with E-state index in [-0.39, 0.29) is 0 Å². The Morgan fingerprint density at radius 1 is 1.60 bits per heavy atom. The van der Waals surface area contributed by atoms with E-state index in [0.29, 0.717) is 5.41 Å². The lowest BCUT2D eigenvalue weighted by Gasteiger charge is -2.13. The minimum Gasteiger partial charge on any atom is -0.478 e. The molecule has 10 heavy (non-hydrogen) atoms. The van der Waals surface area contributed by atoms with Crippen LogP contribution in [0.2, 0.25) is 0 Å². The zero-order valence-electron chi connectivity index (χ0n) is 6.73. The minimum atomic E-state index is 0.512. The molecule has 0 bridgehead atoms. The zero-order valence-corrected chi connectivity index (χ0v) is 6.73. The molecule has 0 aromatic carbocycles. The molecule has 0 atom stereocenters. The summed E-state index contributed by atoms with van der Waals surface area (Å²) in [6.45, 7) is 4.96. The maximum atomic E-state index is 5.37. The second kappa shape index (κ2) is 3.35. The predicted octanol–water partition coefficient (Wildman–Crippen LogP) is 0.158. The van der Waals surface area contributed by atoms with Crippen molar-refractivity contribution in [3.05, 3.63) is 7.05 Å². The summed E-state index contributed by atoms with van der Waals surface area (Å²) >= 11 is 0. The highest BCUT2D eigenvalue weighted by Crippen LogP contribution is 2.44. The fourth-order valence-electron chi connectivity index (χ4n) is 1.21. The maximum Gasteiger partial charge on any atom is 0.0595 e. The average molecular weight is 143 g/mol. The van der Waals surface area contributed by atoms with Crippen molar-refractivity contribution in [2.45, 2.75) is 19.8 Å². The van der Waals surface area contributed by atoms with Gasteiger partial charge in [-0.05, 0) is 19.8 Å². The molecule has 2 N–H and O–H groups in total. The summed E-state index contributed by atoms with van der Waals surface area (Å²) < 4.78 is 5.37. The first-order chi connectivity index (χ1) is 4.83. The fourth-order valence-corrected chi connectivity index (χ4v) is 1.21. The highest BCUT2D eigenvalue weighted by atomic mass is 16.5. The van der Waals surface area contributed by atoms with Gasteiger partial charge in [0.2, 0.25) is 0 Å². The number of ether oxygens (including phenoxy) is 1. The highest BCUT2D eigenvalue weighted by molar-refractivity contribution is 4.91. The van der Waals surface area contributed by atoms with Gasteiger partial charge in [0.25, 0.3) is 0 Å². The van der Waals surface area contributed by atoms with Gasteiger partial charge in [0.05, 0.1) is 13.2 Å². The van der Waals surface area contributed by atoms with Crippen LogP contribution in [0, 0.1) is 12.5 Å². The molecule has 0 radical (unpaired) electrons. The third kappa shape index (κ3) is 1.96. The van der Waals surface area contributed by atoms with Crippen LogP contribution in [0.15, 0.2) is 0 Å². The summed E-state index contributed by atoms with van der Waals surface area (Å²) in [5.74, 6) is 0. The van der Waals surface area contributed by atoms with E-state index in [4.69, 9.17) is 4.74 Å². The Balaban J connectivity index is 2.11. The van der Waals surface area contributed by atoms with Crippen LogP contribution >= 0.6 is 0 Å². The second-order valence-electron chi connectivity index (χ2n) is 3.13. The van der Waals surface area contributed by atoms with Crippen LogP contribution in [0.4, 0.5) is 0 Å². The molecular formula is C8H17NO. The van der Waals surface area contributed by atoms with E-state index in [2.05, 4.69) is 7.05 Å². The van der Waals surface area contributed by atoms with Crippen molar-refractivity contribution in [1.29, 1.82) is 0 Å². The van der Waals surface area contributed by atoms with Gasteiger partial charge in [0.1, 0.15) is 0 Å². The second-order valence-corrected chi connectivity index (χ2v) is 3.13. The summed E-state index contributed by atoms with van der Waals surface area (Å²) in [5.41, 5.74) is 0.512. The third-order valence-corrected chi connectivity index (χ3v) is 2.15. The molecule has 0 aromatic heterocycles. The molecule has 2 nitrogen and oxygen atoms in total. The first-order valence-electron chi connectivity index (χ1n) is 4.02. The zero-order chi connectivity index (χ0) is 7.45. The molecule has 0 saturated heterocycles. The topological polar surface area (TPSA) is 25.8 Å². The Hall–Kier alpha value is -0.0800. The standard InChI is InChI=1S/C8H17NO/c1-3-10-7-8(4-5-8)6-9-2/h2-7,9H2,1H3. The first-order valence-corrected chi connectivity index (χ1v) is 4.02. The van der Waals surface area contributed by atoms with E-state index in [1.54, 1.807) is 0 Å². The van der Waals surface area contributed by atoms with Gasteiger partial charge in [-0.15, -0.1) is 0 Å². The molecule has 1 aliphatic carbocycles. The molecule has 1 aliphatic rings. The van der Waals surface area contributed by atoms with E-state index in [1.165, 1.54) is 12.8 Å². The summed E-state index contributed by atoms with van der Waals surface area (Å²) in [4.78, 5) is 0. The SMILES string of the molecule is [CH2-][NH2+]CC1(COCC)CC1. The van der Waals surface area contributed by atoms with Crippen molar-refractivity contribution in [2.24, 2.45) is 5.41 Å². The van der Waals surface area contributed by atoms with Gasteiger partial charge >= 0.3 is 0 Å². The minimum absolute atomic E-state index is 0.512. The normalized spacial score (nSPS) is 21.0. The van der Waals surface area contributed by atoms with Crippen LogP contribution < -0.4 is 5.32 Å². The number of rotatable bonds is 5. The summed E-state index contributed by atoms with van der Waals surface area (Å²) in [6.07, 6.45) is 2.66. The van der Waals surface area contributed by atoms with Crippen molar-refractivity contribution >= 4 is 0 Å². The number of quaternary nitrogens is 1. The molecule has 2 heteroatoms. The predicted molar refractivity (Wildman–Crippen MR) is 40.3 cm³/mol. The van der Waals surface area contributed by atoms with Crippen molar-refractivity contribution in [2.75, 3.05) is 19.8 Å². The molecule has 60 valence electrons. The molecule has 0 aromatic rings. The lowest BCUT2D eigenvalue weighted by Crippen LogP contribution is -2.79. The lowest BCUT2D eigenvalue weighted by atomic mass is 10.1. The van der Waals surface area contributed by atoms with E-state index in [9.17, 15) is 0 Å². The Morgan fingerprint density at radius 3 is 2.70 bits per heavy atom. The number of nitrogens with two attached hydrogens (primary N) is 1. The molecule has 0 unspecified atom stereocenters. The van der Waals surface area contributed by atoms with E-state index >= 15 is 0 Å². The Labute approximate surface area is 63.0 Å². The molecule has 1 fully saturated rings. The van der Waals surface area contributed by atoms with Gasteiger partial charge in [0, 0.05) is 12.0 Å². The molecule has 0 amide bonds. The van der Waals surface area contributed by atoms with Crippen LogP contribution in [0.5, 0.6) is 0 Å². The van der Waals surface area contributed by atoms with Gasteiger partial charge in [-0.1, -0.05) is 0 Å². The monoisotopic (exact) mass is 143 g/mol. The average Bonchev–Trinajstić information content (AvgIpc) is 2.67. The first kappa shape index (κ1) is 8.02. The van der Waals surface area contributed by atoms with Gasteiger partial charge in [0.15, 0.2) is 0 Å². The Morgan fingerprint density at radius 2 is 2.30 bits per heavy atom. The lowest BCUT2D eigenvalue weighted by molar-refractivity contribution is -0.605. The maximum absolute atomic E-state index is 5.37. The molecule has 0 spiro atoms. The van der Waals surface area contributed by atoms with Gasteiger partial charge in [-0.25, -0.2) is 0 Å². The summed E-state index contributed by atoms with van der Waals surface area (Å²) in [5, 5.41) is 2.01. The van der Waals surface area contributed by atoms with Gasteiger partial charge in [-0.2, -0.15) is 7.05 Å². The number of hydrogen-bond donors (Lipinski definition) is 1. The molecular weight excluding hydrogens is 126 g/mol. The summed E-state index contributed by atoms with van der Waals surface area (Å²) in [6, 6.07) is 0. The molecule has 1 rings (SSSR count). The highest BCUT2D eigenvalue weighted by Gasteiger charge is 2.43. The van der Waals surface area contributed by atoms with Gasteiger partial charge in [-0.3, -0.25) is 0 Å². The van der Waals surface area contributed by atoms with E-state index < -0.39 is 0 Å². The largest absolute Gasteiger partial charge is 0.478 e. The molecule has 1 saturated carbocycles. The van der Waals surface area contributed by atoms with Crippen LogP contribution in [0.3, 0.4) is 0 Å². The Bertz CT molecular complexity index is 99.4. The van der Waals surface area contributed by atoms with Crippen molar-refractivity contribution in [1.82, 2.24) is 0 Å². The van der Waals surface area contributed by atoms with Crippen LogP contribution in [-0.2, 0) is 4.74 Å². The van der Waals surface area contributed by atoms with Crippen LogP contribution in [0.1, 0.15) is 19.8 Å². The van der Waals surface area contributed by atoms with E-state index in [0.717, 1.165) is 19.8 Å². The van der Waals surface area contributed by atoms with E-state index in [1.807, 2.05) is 12.2 Å². The molecule has 0 aliphatic heterocycles. The quantitative estimate of drug-likeness (QED) is 0.545. The number of hydrogen-bond acceptors (Lipinski definition) is 1. The third-order valence-electron chi connectivity index (χ3n) is 2.15. The van der Waals surface area contributed by atoms with Crippen LogP contribution in [0.25, 0.3) is 0 Å². The summed E-state index contributed by atoms with van der Waals surface area (Å²) in [7, 11) is 3.74.